The van der Waals surface area contributed by atoms with Crippen LogP contribution in [0.25, 0.3) is 22.2 Å². The van der Waals surface area contributed by atoms with Crippen molar-refractivity contribution in [2.45, 2.75) is 0 Å². The highest BCUT2D eigenvalue weighted by atomic mass is 16.6. The van der Waals surface area contributed by atoms with Gasteiger partial charge in [-0.05, 0) is 29.7 Å². The van der Waals surface area contributed by atoms with Crippen molar-refractivity contribution in [3.8, 4) is 11.4 Å². The molecule has 0 amide bonds. The molecule has 0 bridgehead atoms. The fourth-order valence-corrected chi connectivity index (χ4v) is 2.03. The van der Waals surface area contributed by atoms with Crippen molar-refractivity contribution >= 4 is 22.3 Å². The molecule has 0 atom stereocenters. The number of fused-ring (bicyclic) bond motifs is 1. The number of anilines is 1. The maximum Gasteiger partial charge on any atom is 0.270 e. The van der Waals surface area contributed by atoms with Crippen LogP contribution < -0.4 is 5.73 Å². The summed E-state index contributed by atoms with van der Waals surface area (Å²) in [6.45, 7) is 0. The summed E-state index contributed by atoms with van der Waals surface area (Å²) in [7, 11) is 0. The van der Waals surface area contributed by atoms with Gasteiger partial charge in [0.25, 0.3) is 5.69 Å². The minimum atomic E-state index is -0.434. The van der Waals surface area contributed by atoms with Crippen LogP contribution in [0, 0.1) is 10.1 Å². The third kappa shape index (κ3) is 2.03. The highest BCUT2D eigenvalue weighted by Gasteiger charge is 2.11. The smallest absolute Gasteiger partial charge is 0.270 e. The van der Waals surface area contributed by atoms with Gasteiger partial charge in [-0.15, -0.1) is 0 Å². The number of pyridine rings is 2. The monoisotopic (exact) mass is 266 g/mol. The van der Waals surface area contributed by atoms with E-state index >= 15 is 0 Å². The SMILES string of the molecule is Nc1nc(-c2ccccn2)cc2cc([N+](=O)[O-])ccc12. The van der Waals surface area contributed by atoms with Gasteiger partial charge in [0.2, 0.25) is 0 Å². The van der Waals surface area contributed by atoms with Crippen LogP contribution in [0.1, 0.15) is 0 Å². The molecule has 2 aromatic heterocycles. The summed E-state index contributed by atoms with van der Waals surface area (Å²) in [5.41, 5.74) is 7.20. The first-order valence-corrected chi connectivity index (χ1v) is 5.91. The number of hydrogen-bond acceptors (Lipinski definition) is 5. The lowest BCUT2D eigenvalue weighted by molar-refractivity contribution is -0.384. The summed E-state index contributed by atoms with van der Waals surface area (Å²) in [5.74, 6) is 0.332. The summed E-state index contributed by atoms with van der Waals surface area (Å²) >= 11 is 0. The highest BCUT2D eigenvalue weighted by molar-refractivity contribution is 5.94. The van der Waals surface area contributed by atoms with E-state index in [9.17, 15) is 10.1 Å². The number of non-ortho nitro benzene ring substituents is 1. The van der Waals surface area contributed by atoms with Crippen molar-refractivity contribution in [1.82, 2.24) is 9.97 Å². The number of aromatic nitrogens is 2. The average Bonchev–Trinajstić information content (AvgIpc) is 2.47. The summed E-state index contributed by atoms with van der Waals surface area (Å²) in [5, 5.41) is 12.2. The van der Waals surface area contributed by atoms with E-state index in [1.165, 1.54) is 12.1 Å². The van der Waals surface area contributed by atoms with E-state index < -0.39 is 4.92 Å². The molecule has 98 valence electrons. The zero-order valence-electron chi connectivity index (χ0n) is 10.4. The molecule has 0 radical (unpaired) electrons. The molecular weight excluding hydrogens is 256 g/mol. The number of nitrogens with two attached hydrogens (primary N) is 1. The second-order valence-corrected chi connectivity index (χ2v) is 4.27. The quantitative estimate of drug-likeness (QED) is 0.568. The van der Waals surface area contributed by atoms with Crippen molar-refractivity contribution in [2.75, 3.05) is 5.73 Å². The maximum absolute atomic E-state index is 10.8. The molecule has 2 N–H and O–H groups in total. The Balaban J connectivity index is 2.24. The van der Waals surface area contributed by atoms with E-state index in [0.29, 0.717) is 28.0 Å². The first kappa shape index (κ1) is 12.0. The van der Waals surface area contributed by atoms with E-state index in [2.05, 4.69) is 9.97 Å². The lowest BCUT2D eigenvalue weighted by atomic mass is 10.1. The Bertz CT molecular complexity index is 803. The van der Waals surface area contributed by atoms with Gasteiger partial charge in [-0.2, -0.15) is 0 Å². The average molecular weight is 266 g/mol. The molecule has 0 aliphatic carbocycles. The lowest BCUT2D eigenvalue weighted by Gasteiger charge is -2.05. The van der Waals surface area contributed by atoms with Crippen LogP contribution in [0.4, 0.5) is 11.5 Å². The molecule has 3 rings (SSSR count). The molecule has 3 aromatic rings. The molecule has 0 spiro atoms. The standard InChI is InChI=1S/C14H10N4O2/c15-14-11-5-4-10(18(19)20)7-9(11)8-13(17-14)12-3-1-2-6-16-12/h1-8H,(H2,15,17). The fourth-order valence-electron chi connectivity index (χ4n) is 2.03. The number of nitrogens with zero attached hydrogens (tertiary/aromatic N) is 3. The second-order valence-electron chi connectivity index (χ2n) is 4.27. The number of rotatable bonds is 2. The molecule has 0 aliphatic rings. The Morgan fingerprint density at radius 3 is 2.65 bits per heavy atom. The minimum Gasteiger partial charge on any atom is -0.383 e. The first-order valence-electron chi connectivity index (χ1n) is 5.91. The van der Waals surface area contributed by atoms with Gasteiger partial charge in [0.15, 0.2) is 0 Å². The van der Waals surface area contributed by atoms with Gasteiger partial charge in [0.1, 0.15) is 5.82 Å². The van der Waals surface area contributed by atoms with E-state index in [4.69, 9.17) is 5.73 Å². The molecule has 2 heterocycles. The lowest BCUT2D eigenvalue weighted by Crippen LogP contribution is -1.96. The predicted molar refractivity (Wildman–Crippen MR) is 76.0 cm³/mol. The van der Waals surface area contributed by atoms with Crippen LogP contribution >= 0.6 is 0 Å². The first-order chi connectivity index (χ1) is 9.65. The number of hydrogen-bond donors (Lipinski definition) is 1. The van der Waals surface area contributed by atoms with Gasteiger partial charge in [0, 0.05) is 23.7 Å². The number of nitrogen functional groups attached to an aromatic ring is 1. The van der Waals surface area contributed by atoms with E-state index in [1.54, 1.807) is 24.4 Å². The Labute approximate surface area is 114 Å². The Hall–Kier alpha value is -3.02. The molecule has 20 heavy (non-hydrogen) atoms. The molecule has 1 aromatic carbocycles. The van der Waals surface area contributed by atoms with E-state index in [-0.39, 0.29) is 5.69 Å². The molecule has 6 heteroatoms. The summed E-state index contributed by atoms with van der Waals surface area (Å²) in [6.07, 6.45) is 1.66. The summed E-state index contributed by atoms with van der Waals surface area (Å²) < 4.78 is 0. The third-order valence-corrected chi connectivity index (χ3v) is 2.98. The molecular formula is C14H10N4O2. The maximum atomic E-state index is 10.8. The Morgan fingerprint density at radius 1 is 1.10 bits per heavy atom. The number of nitro groups is 1. The van der Waals surface area contributed by atoms with Crippen molar-refractivity contribution < 1.29 is 4.92 Å². The topological polar surface area (TPSA) is 94.9 Å². The van der Waals surface area contributed by atoms with Crippen molar-refractivity contribution in [3.63, 3.8) is 0 Å². The van der Waals surface area contributed by atoms with Crippen molar-refractivity contribution in [1.29, 1.82) is 0 Å². The zero-order valence-corrected chi connectivity index (χ0v) is 10.4. The summed E-state index contributed by atoms with van der Waals surface area (Å²) in [4.78, 5) is 18.9. The molecule has 0 fully saturated rings. The molecule has 0 saturated heterocycles. The Morgan fingerprint density at radius 2 is 1.95 bits per heavy atom. The predicted octanol–water partition coefficient (Wildman–Crippen LogP) is 2.79. The largest absolute Gasteiger partial charge is 0.383 e. The normalized spacial score (nSPS) is 10.6. The van der Waals surface area contributed by atoms with Crippen LogP contribution in [0.3, 0.4) is 0 Å². The van der Waals surface area contributed by atoms with Gasteiger partial charge >= 0.3 is 0 Å². The summed E-state index contributed by atoms with van der Waals surface area (Å²) in [6, 6.07) is 11.7. The van der Waals surface area contributed by atoms with Crippen LogP contribution in [0.2, 0.25) is 0 Å². The van der Waals surface area contributed by atoms with Crippen LogP contribution in [0.5, 0.6) is 0 Å². The minimum absolute atomic E-state index is 0.0232. The van der Waals surface area contributed by atoms with Gasteiger partial charge in [-0.1, -0.05) is 6.07 Å². The van der Waals surface area contributed by atoms with Crippen LogP contribution in [-0.2, 0) is 0 Å². The van der Waals surface area contributed by atoms with Gasteiger partial charge in [-0.3, -0.25) is 15.1 Å². The number of nitro benzene ring substituents is 1. The molecule has 6 nitrogen and oxygen atoms in total. The van der Waals surface area contributed by atoms with Gasteiger partial charge in [0.05, 0.1) is 16.3 Å². The molecule has 0 aliphatic heterocycles. The van der Waals surface area contributed by atoms with Crippen LogP contribution in [-0.4, -0.2) is 14.9 Å². The third-order valence-electron chi connectivity index (χ3n) is 2.98. The second kappa shape index (κ2) is 4.58. The van der Waals surface area contributed by atoms with Gasteiger partial charge in [-0.25, -0.2) is 4.98 Å². The zero-order chi connectivity index (χ0) is 14.1. The molecule has 0 saturated carbocycles. The van der Waals surface area contributed by atoms with E-state index in [0.717, 1.165) is 0 Å². The van der Waals surface area contributed by atoms with Crippen LogP contribution in [0.15, 0.2) is 48.7 Å². The highest BCUT2D eigenvalue weighted by Crippen LogP contribution is 2.28. The molecule has 0 unspecified atom stereocenters. The van der Waals surface area contributed by atoms with Crippen molar-refractivity contribution in [3.05, 3.63) is 58.8 Å². The fraction of sp³-hybridized carbons (Fsp3) is 0. The van der Waals surface area contributed by atoms with E-state index in [1.807, 2.05) is 12.1 Å². The van der Waals surface area contributed by atoms with Crippen molar-refractivity contribution in [2.24, 2.45) is 0 Å². The van der Waals surface area contributed by atoms with Gasteiger partial charge < -0.3 is 5.73 Å². The number of benzene rings is 1. The Kier molecular flexibility index (Phi) is 2.76.